The fourth-order valence-electron chi connectivity index (χ4n) is 5.97. The first-order valence-electron chi connectivity index (χ1n) is 11.9. The van der Waals surface area contributed by atoms with E-state index in [9.17, 15) is 0 Å². The highest BCUT2D eigenvalue weighted by molar-refractivity contribution is 6.36. The summed E-state index contributed by atoms with van der Waals surface area (Å²) in [5.41, 5.74) is 5.07. The van der Waals surface area contributed by atoms with E-state index in [1.54, 1.807) is 0 Å². The lowest BCUT2D eigenvalue weighted by atomic mass is 9.85. The van der Waals surface area contributed by atoms with E-state index >= 15 is 0 Å². The monoisotopic (exact) mass is 428 g/mol. The summed E-state index contributed by atoms with van der Waals surface area (Å²) in [4.78, 5) is 0. The minimum atomic E-state index is 1.26. The molecule has 0 aliphatic rings. The van der Waals surface area contributed by atoms with Crippen molar-refractivity contribution in [2.45, 2.75) is 0 Å². The van der Waals surface area contributed by atoms with Gasteiger partial charge in [-0.05, 0) is 113 Å². The van der Waals surface area contributed by atoms with Crippen LogP contribution in [-0.4, -0.2) is 0 Å². The molecule has 0 heterocycles. The highest BCUT2D eigenvalue weighted by atomic mass is 14.2. The van der Waals surface area contributed by atoms with Crippen molar-refractivity contribution in [2.75, 3.05) is 0 Å². The molecular weight excluding hydrogens is 408 g/mol. The number of hydrogen-bond donors (Lipinski definition) is 0. The maximum absolute atomic E-state index is 2.39. The molecule has 0 aliphatic heterocycles. The van der Waals surface area contributed by atoms with E-state index in [0.717, 1.165) is 0 Å². The number of hydrogen-bond acceptors (Lipinski definition) is 0. The molecule has 0 radical (unpaired) electrons. The van der Waals surface area contributed by atoms with Crippen molar-refractivity contribution in [3.63, 3.8) is 0 Å². The Kier molecular flexibility index (Phi) is 3.48. The maximum Gasteiger partial charge on any atom is -0.00141 e. The molecule has 0 bridgehead atoms. The van der Waals surface area contributed by atoms with Crippen molar-refractivity contribution < 1.29 is 0 Å². The summed E-state index contributed by atoms with van der Waals surface area (Å²) >= 11 is 0. The third-order valence-electron chi connectivity index (χ3n) is 7.45. The smallest absolute Gasteiger partial charge is 0.00141 e. The van der Waals surface area contributed by atoms with Gasteiger partial charge in [-0.25, -0.2) is 0 Å². The van der Waals surface area contributed by atoms with Gasteiger partial charge in [-0.15, -0.1) is 0 Å². The Bertz CT molecular complexity index is 1830. The van der Waals surface area contributed by atoms with Gasteiger partial charge in [0.05, 0.1) is 0 Å². The molecule has 8 aromatic carbocycles. The van der Waals surface area contributed by atoms with Crippen molar-refractivity contribution in [3.05, 3.63) is 121 Å². The van der Waals surface area contributed by atoms with Gasteiger partial charge < -0.3 is 0 Å². The molecule has 8 aromatic rings. The average Bonchev–Trinajstić information content (AvgIpc) is 2.90. The SMILES string of the molecule is c1ccc(-c2cc3ccc4cc5cc(-c6ccccc6)cc6ccc7cc(c2)c3c4c7c65)cc1. The zero-order chi connectivity index (χ0) is 22.2. The second-order valence-electron chi connectivity index (χ2n) is 9.41. The molecule has 0 fully saturated rings. The van der Waals surface area contributed by atoms with Gasteiger partial charge in [-0.3, -0.25) is 0 Å². The molecule has 0 spiro atoms. The van der Waals surface area contributed by atoms with Gasteiger partial charge in [0.1, 0.15) is 0 Å². The van der Waals surface area contributed by atoms with Crippen molar-refractivity contribution in [1.29, 1.82) is 0 Å². The van der Waals surface area contributed by atoms with Crippen LogP contribution in [-0.2, 0) is 0 Å². The standard InChI is InChI=1S/C34H20/c1-3-7-21(8-4-1)27-15-23-11-13-26-18-30-20-28(22-9-5-2-6-10-22)16-24-12-14-25-17-29(19-27)31(23)33(26)34(25)32(24)30/h1-20H. The van der Waals surface area contributed by atoms with Crippen LogP contribution in [0, 0.1) is 0 Å². The number of rotatable bonds is 2. The van der Waals surface area contributed by atoms with E-state index in [1.807, 2.05) is 0 Å². The molecule has 156 valence electrons. The summed E-state index contributed by atoms with van der Waals surface area (Å²) in [5, 5.41) is 13.5. The third kappa shape index (κ3) is 2.43. The normalized spacial score (nSPS) is 12.1. The molecule has 34 heavy (non-hydrogen) atoms. The summed E-state index contributed by atoms with van der Waals surface area (Å²) in [6.45, 7) is 0. The third-order valence-corrected chi connectivity index (χ3v) is 7.45. The molecule has 0 saturated heterocycles. The van der Waals surface area contributed by atoms with Crippen LogP contribution in [0.2, 0.25) is 0 Å². The lowest BCUT2D eigenvalue weighted by molar-refractivity contribution is 1.65. The van der Waals surface area contributed by atoms with E-state index in [1.165, 1.54) is 76.1 Å². The van der Waals surface area contributed by atoms with E-state index in [0.29, 0.717) is 0 Å². The fraction of sp³-hybridized carbons (Fsp3) is 0. The van der Waals surface area contributed by atoms with E-state index in [2.05, 4.69) is 121 Å². The lowest BCUT2D eigenvalue weighted by Crippen LogP contribution is -1.91. The quantitative estimate of drug-likeness (QED) is 0.190. The zero-order valence-electron chi connectivity index (χ0n) is 18.5. The lowest BCUT2D eigenvalue weighted by Gasteiger charge is -2.18. The summed E-state index contributed by atoms with van der Waals surface area (Å²) < 4.78 is 0. The predicted octanol–water partition coefficient (Wildman–Crippen LogP) is 9.66. The molecule has 0 heteroatoms. The second kappa shape index (κ2) is 6.56. The molecule has 0 aromatic heterocycles. The first kappa shape index (κ1) is 18.1. The maximum atomic E-state index is 2.39. The summed E-state index contributed by atoms with van der Waals surface area (Å²) in [6.07, 6.45) is 0. The molecule has 0 unspecified atom stereocenters. The Labute approximate surface area is 197 Å². The molecule has 0 nitrogen and oxygen atoms in total. The largest absolute Gasteiger partial charge is 0.0622 e. The predicted molar refractivity (Wildman–Crippen MR) is 147 cm³/mol. The fourth-order valence-corrected chi connectivity index (χ4v) is 5.97. The Hall–Kier alpha value is -4.42. The van der Waals surface area contributed by atoms with Crippen LogP contribution < -0.4 is 0 Å². The van der Waals surface area contributed by atoms with Crippen LogP contribution in [0.15, 0.2) is 121 Å². The van der Waals surface area contributed by atoms with Crippen LogP contribution in [0.5, 0.6) is 0 Å². The summed E-state index contributed by atoms with van der Waals surface area (Å²) in [5.74, 6) is 0. The van der Waals surface area contributed by atoms with E-state index in [4.69, 9.17) is 0 Å². The van der Waals surface area contributed by atoms with Gasteiger partial charge in [-0.2, -0.15) is 0 Å². The van der Waals surface area contributed by atoms with Gasteiger partial charge in [0.15, 0.2) is 0 Å². The van der Waals surface area contributed by atoms with E-state index < -0.39 is 0 Å². The highest BCUT2D eigenvalue weighted by Crippen LogP contribution is 2.45. The molecule has 0 amide bonds. The molecule has 0 saturated carbocycles. The van der Waals surface area contributed by atoms with Crippen LogP contribution in [0.3, 0.4) is 0 Å². The summed E-state index contributed by atoms with van der Waals surface area (Å²) in [7, 11) is 0. The first-order valence-corrected chi connectivity index (χ1v) is 11.9. The van der Waals surface area contributed by atoms with E-state index in [-0.39, 0.29) is 0 Å². The van der Waals surface area contributed by atoms with Crippen molar-refractivity contribution >= 4 is 53.9 Å². The second-order valence-corrected chi connectivity index (χ2v) is 9.41. The van der Waals surface area contributed by atoms with Gasteiger partial charge in [0.2, 0.25) is 0 Å². The molecular formula is C34H20. The molecule has 0 atom stereocenters. The minimum Gasteiger partial charge on any atom is -0.0622 e. The molecule has 0 N–H and O–H groups in total. The van der Waals surface area contributed by atoms with Gasteiger partial charge >= 0.3 is 0 Å². The van der Waals surface area contributed by atoms with Crippen LogP contribution in [0.25, 0.3) is 76.1 Å². The average molecular weight is 429 g/mol. The summed E-state index contributed by atoms with van der Waals surface area (Å²) in [6, 6.07) is 44.8. The minimum absolute atomic E-state index is 1.26. The Morgan fingerprint density at radius 2 is 0.588 bits per heavy atom. The first-order chi connectivity index (χ1) is 16.8. The van der Waals surface area contributed by atoms with Crippen LogP contribution >= 0.6 is 0 Å². The zero-order valence-corrected chi connectivity index (χ0v) is 18.5. The van der Waals surface area contributed by atoms with Crippen LogP contribution in [0.1, 0.15) is 0 Å². The highest BCUT2D eigenvalue weighted by Gasteiger charge is 2.17. The number of benzene rings is 8. The van der Waals surface area contributed by atoms with Gasteiger partial charge in [0, 0.05) is 0 Å². The van der Waals surface area contributed by atoms with Crippen molar-refractivity contribution in [3.8, 4) is 22.3 Å². The molecule has 0 aliphatic carbocycles. The topological polar surface area (TPSA) is 0 Å². The Balaban J connectivity index is 1.51. The van der Waals surface area contributed by atoms with Crippen molar-refractivity contribution in [1.82, 2.24) is 0 Å². The van der Waals surface area contributed by atoms with Crippen molar-refractivity contribution in [2.24, 2.45) is 0 Å². The van der Waals surface area contributed by atoms with Gasteiger partial charge in [-0.1, -0.05) is 84.9 Å². The Morgan fingerprint density at radius 1 is 0.235 bits per heavy atom. The molecule has 8 rings (SSSR count). The Morgan fingerprint density at radius 3 is 1.00 bits per heavy atom. The van der Waals surface area contributed by atoms with Gasteiger partial charge in [0.25, 0.3) is 0 Å². The van der Waals surface area contributed by atoms with Crippen LogP contribution in [0.4, 0.5) is 0 Å².